The summed E-state index contributed by atoms with van der Waals surface area (Å²) in [7, 11) is 0. The van der Waals surface area contributed by atoms with E-state index in [0.717, 1.165) is 0 Å². The molecule has 0 fully saturated rings. The second kappa shape index (κ2) is 4.93. The smallest absolute Gasteiger partial charge is 0.339 e. The number of ether oxygens (including phenoxy) is 1. The van der Waals surface area contributed by atoms with Crippen molar-refractivity contribution in [3.05, 3.63) is 48.0 Å². The molecule has 6 heteroatoms. The fraction of sp³-hybridized carbons (Fsp3) is 0. The van der Waals surface area contributed by atoms with Crippen LogP contribution >= 0.6 is 0 Å². The van der Waals surface area contributed by atoms with Gasteiger partial charge in [-0.2, -0.15) is 5.26 Å². The molecule has 2 rings (SSSR count). The topological polar surface area (TPSA) is 96.1 Å². The Kier molecular flexibility index (Phi) is 3.16. The molecule has 0 unspecified atom stereocenters. The first-order valence-electron chi connectivity index (χ1n) is 4.92. The third-order valence-corrected chi connectivity index (χ3v) is 2.11. The normalized spacial score (nSPS) is 9.50. The second-order valence-corrected chi connectivity index (χ2v) is 3.24. The minimum Gasteiger partial charge on any atom is -0.478 e. The van der Waals surface area contributed by atoms with Crippen molar-refractivity contribution in [1.29, 1.82) is 5.26 Å². The molecule has 18 heavy (non-hydrogen) atoms. The van der Waals surface area contributed by atoms with Gasteiger partial charge in [0, 0.05) is 12.4 Å². The zero-order valence-electron chi connectivity index (χ0n) is 9.07. The maximum atomic E-state index is 11.0. The maximum absolute atomic E-state index is 11.0. The first-order valence-corrected chi connectivity index (χ1v) is 4.92. The molecule has 1 N–H and O–H groups in total. The number of pyridine rings is 2. The van der Waals surface area contributed by atoms with Crippen molar-refractivity contribution in [2.75, 3.05) is 0 Å². The highest BCUT2D eigenvalue weighted by atomic mass is 16.5. The molecule has 0 aliphatic heterocycles. The summed E-state index contributed by atoms with van der Waals surface area (Å²) in [5, 5.41) is 17.8. The first-order chi connectivity index (χ1) is 8.72. The van der Waals surface area contributed by atoms with E-state index in [4.69, 9.17) is 15.1 Å². The van der Waals surface area contributed by atoms with Gasteiger partial charge in [0.1, 0.15) is 11.6 Å². The number of carbonyl (C=O) groups is 1. The molecule has 0 radical (unpaired) electrons. The zero-order chi connectivity index (χ0) is 13.0. The van der Waals surface area contributed by atoms with E-state index in [1.807, 2.05) is 6.07 Å². The number of carboxylic acids is 1. The van der Waals surface area contributed by atoms with E-state index < -0.39 is 5.97 Å². The van der Waals surface area contributed by atoms with Gasteiger partial charge in [0.25, 0.3) is 0 Å². The Morgan fingerprint density at radius 3 is 2.89 bits per heavy atom. The number of hydrogen-bond acceptors (Lipinski definition) is 5. The average molecular weight is 241 g/mol. The Hall–Kier alpha value is -2.94. The quantitative estimate of drug-likeness (QED) is 0.880. The van der Waals surface area contributed by atoms with E-state index in [1.165, 1.54) is 30.7 Å². The van der Waals surface area contributed by atoms with E-state index in [0.29, 0.717) is 0 Å². The van der Waals surface area contributed by atoms with Gasteiger partial charge in [0.15, 0.2) is 17.2 Å². The highest BCUT2D eigenvalue weighted by molar-refractivity contribution is 5.90. The Morgan fingerprint density at radius 1 is 1.33 bits per heavy atom. The van der Waals surface area contributed by atoms with E-state index >= 15 is 0 Å². The van der Waals surface area contributed by atoms with Crippen LogP contribution < -0.4 is 4.74 Å². The minimum absolute atomic E-state index is 0.0299. The van der Waals surface area contributed by atoms with Crippen LogP contribution in [0, 0.1) is 11.3 Å². The lowest BCUT2D eigenvalue weighted by Crippen LogP contribution is -2.01. The number of hydrogen-bond donors (Lipinski definition) is 1. The first kappa shape index (κ1) is 11.5. The third kappa shape index (κ3) is 2.25. The summed E-state index contributed by atoms with van der Waals surface area (Å²) in [6.07, 6.45) is 4.08. The van der Waals surface area contributed by atoms with Crippen LogP contribution in [0.5, 0.6) is 11.5 Å². The van der Waals surface area contributed by atoms with Crippen molar-refractivity contribution in [2.24, 2.45) is 0 Å². The highest BCUT2D eigenvalue weighted by Gasteiger charge is 2.13. The molecule has 2 aromatic rings. The molecule has 0 aromatic carbocycles. The monoisotopic (exact) mass is 241 g/mol. The molecule has 2 aromatic heterocycles. The van der Waals surface area contributed by atoms with Crippen LogP contribution in [0.3, 0.4) is 0 Å². The summed E-state index contributed by atoms with van der Waals surface area (Å²) < 4.78 is 5.36. The molecule has 0 saturated carbocycles. The van der Waals surface area contributed by atoms with E-state index in [2.05, 4.69) is 9.97 Å². The minimum atomic E-state index is -1.13. The summed E-state index contributed by atoms with van der Waals surface area (Å²) >= 11 is 0. The maximum Gasteiger partial charge on any atom is 0.339 e. The lowest BCUT2D eigenvalue weighted by atomic mass is 10.2. The van der Waals surface area contributed by atoms with Gasteiger partial charge in [0.2, 0.25) is 0 Å². The van der Waals surface area contributed by atoms with Gasteiger partial charge in [0.05, 0.1) is 6.20 Å². The standard InChI is InChI=1S/C12H7N3O3/c13-6-9-10(2-1-4-15-9)18-11-7-14-5-3-8(11)12(16)17/h1-5,7H,(H,16,17). The zero-order valence-corrected chi connectivity index (χ0v) is 9.07. The van der Waals surface area contributed by atoms with Crippen LogP contribution in [0.4, 0.5) is 0 Å². The largest absolute Gasteiger partial charge is 0.478 e. The molecule has 0 saturated heterocycles. The fourth-order valence-electron chi connectivity index (χ4n) is 1.31. The second-order valence-electron chi connectivity index (χ2n) is 3.24. The molecular weight excluding hydrogens is 234 g/mol. The Labute approximate surface area is 102 Å². The number of carboxylic acid groups (broad SMARTS) is 1. The molecule has 0 aliphatic rings. The number of nitriles is 1. The van der Waals surface area contributed by atoms with Crippen LogP contribution in [-0.4, -0.2) is 21.0 Å². The van der Waals surface area contributed by atoms with Crippen LogP contribution in [0.15, 0.2) is 36.8 Å². The molecule has 0 atom stereocenters. The molecule has 0 aliphatic carbocycles. The fourth-order valence-corrected chi connectivity index (χ4v) is 1.31. The van der Waals surface area contributed by atoms with Crippen molar-refractivity contribution in [1.82, 2.24) is 9.97 Å². The van der Waals surface area contributed by atoms with E-state index in [9.17, 15) is 4.79 Å². The van der Waals surface area contributed by atoms with Crippen LogP contribution in [-0.2, 0) is 0 Å². The summed E-state index contributed by atoms with van der Waals surface area (Å²) in [5.41, 5.74) is 0.0513. The lowest BCUT2D eigenvalue weighted by molar-refractivity contribution is 0.0694. The van der Waals surface area contributed by atoms with Crippen molar-refractivity contribution in [3.63, 3.8) is 0 Å². The number of aromatic nitrogens is 2. The van der Waals surface area contributed by atoms with E-state index in [1.54, 1.807) is 6.07 Å². The summed E-state index contributed by atoms with van der Waals surface area (Å²) in [6.45, 7) is 0. The van der Waals surface area contributed by atoms with Gasteiger partial charge >= 0.3 is 5.97 Å². The van der Waals surface area contributed by atoms with Gasteiger partial charge in [-0.3, -0.25) is 4.98 Å². The summed E-state index contributed by atoms with van der Waals surface area (Å²) in [4.78, 5) is 18.6. The van der Waals surface area contributed by atoms with Crippen LogP contribution in [0.1, 0.15) is 16.1 Å². The SMILES string of the molecule is N#Cc1ncccc1Oc1cnccc1C(=O)O. The van der Waals surface area contributed by atoms with Gasteiger partial charge < -0.3 is 9.84 Å². The average Bonchev–Trinajstić information content (AvgIpc) is 2.40. The molecule has 2 heterocycles. The van der Waals surface area contributed by atoms with Crippen molar-refractivity contribution in [2.45, 2.75) is 0 Å². The highest BCUT2D eigenvalue weighted by Crippen LogP contribution is 2.25. The van der Waals surface area contributed by atoms with Gasteiger partial charge in [-0.1, -0.05) is 0 Å². The number of nitrogens with zero attached hydrogens (tertiary/aromatic N) is 3. The summed E-state index contributed by atoms with van der Waals surface area (Å²) in [6, 6.07) is 6.30. The number of rotatable bonds is 3. The van der Waals surface area contributed by atoms with Gasteiger partial charge in [-0.05, 0) is 18.2 Å². The Balaban J connectivity index is 2.41. The van der Waals surface area contributed by atoms with Gasteiger partial charge in [-0.15, -0.1) is 0 Å². The van der Waals surface area contributed by atoms with E-state index in [-0.39, 0.29) is 22.8 Å². The molecular formula is C12H7N3O3. The van der Waals surface area contributed by atoms with Crippen molar-refractivity contribution >= 4 is 5.97 Å². The molecule has 0 spiro atoms. The molecule has 88 valence electrons. The van der Waals surface area contributed by atoms with Crippen LogP contribution in [0.25, 0.3) is 0 Å². The third-order valence-electron chi connectivity index (χ3n) is 2.11. The van der Waals surface area contributed by atoms with Crippen molar-refractivity contribution < 1.29 is 14.6 Å². The Bertz CT molecular complexity index is 634. The Morgan fingerprint density at radius 2 is 2.17 bits per heavy atom. The predicted octanol–water partition coefficient (Wildman–Crippen LogP) is 1.84. The predicted molar refractivity (Wildman–Crippen MR) is 60.2 cm³/mol. The summed E-state index contributed by atoms with van der Waals surface area (Å²) in [5.74, 6) is -0.875. The van der Waals surface area contributed by atoms with Crippen LogP contribution in [0.2, 0.25) is 0 Å². The molecule has 0 amide bonds. The molecule has 6 nitrogen and oxygen atoms in total. The lowest BCUT2D eigenvalue weighted by Gasteiger charge is -2.08. The van der Waals surface area contributed by atoms with Crippen molar-refractivity contribution in [3.8, 4) is 17.6 Å². The molecule has 0 bridgehead atoms. The van der Waals surface area contributed by atoms with Gasteiger partial charge in [-0.25, -0.2) is 9.78 Å². The number of aromatic carboxylic acids is 1.